The Morgan fingerprint density at radius 2 is 2.11 bits per heavy atom. The number of piperidine rings is 1. The molecular formula is C12H17N3O3. The smallest absolute Gasteiger partial charge is 0.356 e. The van der Waals surface area contributed by atoms with Gasteiger partial charge in [-0.25, -0.2) is 14.8 Å². The Kier molecular flexibility index (Phi) is 3.76. The zero-order chi connectivity index (χ0) is 13.1. The molecule has 2 heterocycles. The van der Waals surface area contributed by atoms with Crippen molar-refractivity contribution in [2.75, 3.05) is 25.1 Å². The number of hydrogen-bond acceptors (Lipinski definition) is 6. The molecule has 0 amide bonds. The number of aryl methyl sites for hydroxylation is 1. The number of ether oxygens (including phenoxy) is 1. The van der Waals surface area contributed by atoms with Gasteiger partial charge in [0.05, 0.1) is 13.2 Å². The molecule has 1 aromatic heterocycles. The minimum Gasteiger partial charge on any atom is -0.464 e. The van der Waals surface area contributed by atoms with Gasteiger partial charge < -0.3 is 14.7 Å². The van der Waals surface area contributed by atoms with Crippen LogP contribution in [0.2, 0.25) is 0 Å². The Labute approximate surface area is 106 Å². The summed E-state index contributed by atoms with van der Waals surface area (Å²) in [5.41, 5.74) is 0.998. The summed E-state index contributed by atoms with van der Waals surface area (Å²) < 4.78 is 4.66. The minimum absolute atomic E-state index is 0.244. The summed E-state index contributed by atoms with van der Waals surface area (Å²) in [6.45, 7) is 3.22. The number of aromatic nitrogens is 2. The molecule has 0 aliphatic carbocycles. The van der Waals surface area contributed by atoms with Crippen LogP contribution in [0.1, 0.15) is 29.0 Å². The van der Waals surface area contributed by atoms with E-state index in [4.69, 9.17) is 0 Å². The lowest BCUT2D eigenvalue weighted by Gasteiger charge is -2.29. The first-order chi connectivity index (χ1) is 8.60. The van der Waals surface area contributed by atoms with Gasteiger partial charge in [0, 0.05) is 18.8 Å². The van der Waals surface area contributed by atoms with Crippen LogP contribution in [-0.4, -0.2) is 47.3 Å². The molecule has 0 aromatic carbocycles. The van der Waals surface area contributed by atoms with Crippen molar-refractivity contribution in [2.24, 2.45) is 0 Å². The Morgan fingerprint density at radius 3 is 2.72 bits per heavy atom. The molecule has 18 heavy (non-hydrogen) atoms. The van der Waals surface area contributed by atoms with Crippen molar-refractivity contribution in [2.45, 2.75) is 25.9 Å². The lowest BCUT2D eigenvalue weighted by Crippen LogP contribution is -2.37. The molecule has 1 aliphatic rings. The number of carbonyl (C=O) groups excluding carboxylic acids is 1. The van der Waals surface area contributed by atoms with Crippen molar-refractivity contribution in [1.82, 2.24) is 9.97 Å². The average Bonchev–Trinajstić information content (AvgIpc) is 2.38. The highest BCUT2D eigenvalue weighted by atomic mass is 16.5. The van der Waals surface area contributed by atoms with E-state index in [0.29, 0.717) is 31.9 Å². The number of esters is 1. The molecule has 0 radical (unpaired) electrons. The molecule has 0 bridgehead atoms. The van der Waals surface area contributed by atoms with Crippen LogP contribution in [0, 0.1) is 6.92 Å². The summed E-state index contributed by atoms with van der Waals surface area (Å²) in [5.74, 6) is 0.0705. The number of hydrogen-bond donors (Lipinski definition) is 1. The normalized spacial score (nSPS) is 16.7. The molecule has 6 nitrogen and oxygen atoms in total. The van der Waals surface area contributed by atoms with Gasteiger partial charge in [-0.1, -0.05) is 0 Å². The largest absolute Gasteiger partial charge is 0.464 e. The van der Waals surface area contributed by atoms with Crippen molar-refractivity contribution >= 4 is 11.9 Å². The SMILES string of the molecule is COC(=O)c1cc(C)nc(N2CCC(O)CC2)n1. The van der Waals surface area contributed by atoms with E-state index in [2.05, 4.69) is 14.7 Å². The number of anilines is 1. The van der Waals surface area contributed by atoms with E-state index in [-0.39, 0.29) is 11.8 Å². The van der Waals surface area contributed by atoms with Gasteiger partial charge in [-0.15, -0.1) is 0 Å². The molecule has 0 saturated carbocycles. The Morgan fingerprint density at radius 1 is 1.44 bits per heavy atom. The topological polar surface area (TPSA) is 75.5 Å². The third kappa shape index (κ3) is 2.76. The first-order valence-corrected chi connectivity index (χ1v) is 5.97. The molecule has 1 aromatic rings. The Bertz CT molecular complexity index is 442. The molecule has 0 unspecified atom stereocenters. The zero-order valence-electron chi connectivity index (χ0n) is 10.6. The number of aliphatic hydroxyl groups excluding tert-OH is 1. The number of aliphatic hydroxyl groups is 1. The van der Waals surface area contributed by atoms with E-state index in [1.165, 1.54) is 7.11 Å². The van der Waals surface area contributed by atoms with E-state index in [1.807, 2.05) is 11.8 Å². The lowest BCUT2D eigenvalue weighted by atomic mass is 10.1. The highest BCUT2D eigenvalue weighted by Crippen LogP contribution is 2.17. The van der Waals surface area contributed by atoms with Crippen LogP contribution in [0.25, 0.3) is 0 Å². The monoisotopic (exact) mass is 251 g/mol. The van der Waals surface area contributed by atoms with Crippen molar-refractivity contribution in [1.29, 1.82) is 0 Å². The van der Waals surface area contributed by atoms with Gasteiger partial charge >= 0.3 is 5.97 Å². The Hall–Kier alpha value is -1.69. The second kappa shape index (κ2) is 5.30. The highest BCUT2D eigenvalue weighted by molar-refractivity contribution is 5.87. The van der Waals surface area contributed by atoms with Crippen molar-refractivity contribution < 1.29 is 14.6 Å². The summed E-state index contributed by atoms with van der Waals surface area (Å²) in [6, 6.07) is 1.61. The molecule has 0 atom stereocenters. The van der Waals surface area contributed by atoms with Crippen LogP contribution in [0.15, 0.2) is 6.07 Å². The van der Waals surface area contributed by atoms with Crippen LogP contribution in [-0.2, 0) is 4.74 Å². The Balaban J connectivity index is 2.22. The summed E-state index contributed by atoms with van der Waals surface area (Å²) in [4.78, 5) is 22.0. The first kappa shape index (κ1) is 12.8. The van der Waals surface area contributed by atoms with Crippen LogP contribution in [0.5, 0.6) is 0 Å². The van der Waals surface area contributed by atoms with Crippen LogP contribution in [0.4, 0.5) is 5.95 Å². The fourth-order valence-corrected chi connectivity index (χ4v) is 1.97. The van der Waals surface area contributed by atoms with Crippen molar-refractivity contribution in [3.05, 3.63) is 17.5 Å². The molecule has 1 aliphatic heterocycles. The van der Waals surface area contributed by atoms with Gasteiger partial charge in [0.1, 0.15) is 0 Å². The molecule has 1 saturated heterocycles. The van der Waals surface area contributed by atoms with Gasteiger partial charge in [0.15, 0.2) is 5.69 Å². The van der Waals surface area contributed by atoms with Crippen molar-refractivity contribution in [3.63, 3.8) is 0 Å². The van der Waals surface area contributed by atoms with Gasteiger partial charge in [-0.05, 0) is 25.8 Å². The first-order valence-electron chi connectivity index (χ1n) is 5.97. The highest BCUT2D eigenvalue weighted by Gasteiger charge is 2.20. The molecule has 6 heteroatoms. The van der Waals surface area contributed by atoms with E-state index in [1.54, 1.807) is 6.07 Å². The van der Waals surface area contributed by atoms with Gasteiger partial charge in [0.25, 0.3) is 0 Å². The number of rotatable bonds is 2. The van der Waals surface area contributed by atoms with Gasteiger partial charge in [-0.3, -0.25) is 0 Å². The molecule has 0 spiro atoms. The second-order valence-corrected chi connectivity index (χ2v) is 4.40. The summed E-state index contributed by atoms with van der Waals surface area (Å²) in [6.07, 6.45) is 1.15. The summed E-state index contributed by atoms with van der Waals surface area (Å²) in [7, 11) is 1.33. The maximum Gasteiger partial charge on any atom is 0.356 e. The second-order valence-electron chi connectivity index (χ2n) is 4.40. The predicted octanol–water partition coefficient (Wildman–Crippen LogP) is 0.533. The standard InChI is InChI=1S/C12H17N3O3/c1-8-7-10(11(17)18-2)14-12(13-8)15-5-3-9(16)4-6-15/h7,9,16H,3-6H2,1-2H3. The van der Waals surface area contributed by atoms with Crippen LogP contribution >= 0.6 is 0 Å². The molecule has 1 fully saturated rings. The van der Waals surface area contributed by atoms with Gasteiger partial charge in [0.2, 0.25) is 5.95 Å². The summed E-state index contributed by atoms with van der Waals surface area (Å²) in [5, 5.41) is 9.47. The number of nitrogens with zero attached hydrogens (tertiary/aromatic N) is 3. The number of methoxy groups -OCH3 is 1. The van der Waals surface area contributed by atoms with E-state index in [9.17, 15) is 9.90 Å². The summed E-state index contributed by atoms with van der Waals surface area (Å²) >= 11 is 0. The maximum absolute atomic E-state index is 11.5. The molecule has 98 valence electrons. The molecule has 2 rings (SSSR count). The third-order valence-corrected chi connectivity index (χ3v) is 2.98. The fourth-order valence-electron chi connectivity index (χ4n) is 1.97. The van der Waals surface area contributed by atoms with E-state index >= 15 is 0 Å². The van der Waals surface area contributed by atoms with Crippen molar-refractivity contribution in [3.8, 4) is 0 Å². The van der Waals surface area contributed by atoms with Crippen LogP contribution in [0.3, 0.4) is 0 Å². The zero-order valence-corrected chi connectivity index (χ0v) is 10.6. The van der Waals surface area contributed by atoms with E-state index < -0.39 is 5.97 Å². The van der Waals surface area contributed by atoms with Gasteiger partial charge in [-0.2, -0.15) is 0 Å². The predicted molar refractivity (Wildman–Crippen MR) is 65.6 cm³/mol. The average molecular weight is 251 g/mol. The maximum atomic E-state index is 11.5. The quantitative estimate of drug-likeness (QED) is 0.773. The molecular weight excluding hydrogens is 234 g/mol. The lowest BCUT2D eigenvalue weighted by molar-refractivity contribution is 0.0593. The molecule has 1 N–H and O–H groups in total. The van der Waals surface area contributed by atoms with Crippen LogP contribution < -0.4 is 4.90 Å². The fraction of sp³-hybridized carbons (Fsp3) is 0.583. The third-order valence-electron chi connectivity index (χ3n) is 2.98. The number of carbonyl (C=O) groups is 1. The minimum atomic E-state index is -0.459. The van der Waals surface area contributed by atoms with E-state index in [0.717, 1.165) is 5.69 Å².